The Bertz CT molecular complexity index is 391. The number of rotatable bonds is 0. The number of aromatic hydroxyl groups is 1. The molecule has 0 fully saturated rings. The molecule has 0 saturated heterocycles. The van der Waals surface area contributed by atoms with Crippen LogP contribution in [0.5, 0.6) is 5.75 Å². The van der Waals surface area contributed by atoms with Crippen molar-refractivity contribution >= 4 is 0 Å². The second-order valence-electron chi connectivity index (χ2n) is 2.36. The highest BCUT2D eigenvalue weighted by molar-refractivity contribution is 5.44. The topological polar surface area (TPSA) is 44.0 Å². The Morgan fingerprint density at radius 1 is 1.42 bits per heavy atom. The van der Waals surface area contributed by atoms with E-state index in [4.69, 9.17) is 10.4 Å². The molecular weight excluding hydrogens is 150 g/mol. The van der Waals surface area contributed by atoms with E-state index in [1.807, 2.05) is 0 Å². The number of nitriles is 1. The van der Waals surface area contributed by atoms with Crippen molar-refractivity contribution in [3.63, 3.8) is 0 Å². The number of benzene rings is 1. The molecule has 0 amide bonds. The number of hydrogen-bond acceptors (Lipinski definition) is 2. The van der Waals surface area contributed by atoms with E-state index in [9.17, 15) is 0 Å². The van der Waals surface area contributed by atoms with Crippen LogP contribution in [0.2, 0.25) is 0 Å². The number of phenols is 1. The first-order valence-electron chi connectivity index (χ1n) is 3.44. The maximum absolute atomic E-state index is 9.16. The molecule has 0 unspecified atom stereocenters. The molecule has 2 heteroatoms. The van der Waals surface area contributed by atoms with Crippen molar-refractivity contribution in [1.29, 1.82) is 5.26 Å². The zero-order valence-corrected chi connectivity index (χ0v) is 6.63. The van der Waals surface area contributed by atoms with Crippen LogP contribution in [0.1, 0.15) is 11.1 Å². The zero-order valence-electron chi connectivity index (χ0n) is 6.63. The van der Waals surface area contributed by atoms with Gasteiger partial charge in [-0.05, 0) is 30.7 Å². The Kier molecular flexibility index (Phi) is 2.35. The fourth-order valence-corrected chi connectivity index (χ4v) is 0.833. The maximum Gasteiger partial charge on any atom is 0.152 e. The van der Waals surface area contributed by atoms with Crippen LogP contribution in [-0.4, -0.2) is 5.11 Å². The summed E-state index contributed by atoms with van der Waals surface area (Å²) in [6.07, 6.45) is 0. The Balaban J connectivity index is 3.07. The van der Waals surface area contributed by atoms with Gasteiger partial charge in [0.1, 0.15) is 5.75 Å². The lowest BCUT2D eigenvalue weighted by atomic mass is 10.1. The lowest BCUT2D eigenvalue weighted by Crippen LogP contribution is -1.77. The fourth-order valence-electron chi connectivity index (χ4n) is 0.833. The molecule has 0 atom stereocenters. The fraction of sp³-hybridized carbons (Fsp3) is 0.100. The standard InChI is InChI=1S/C10H7NO/c1-8-7-9(3-2-6-11)4-5-10(8)12/h4-5,7,12H,1H3. The summed E-state index contributed by atoms with van der Waals surface area (Å²) in [4.78, 5) is 0. The minimum absolute atomic E-state index is 0.248. The number of nitrogens with zero attached hydrogens (tertiary/aromatic N) is 1. The predicted octanol–water partition coefficient (Wildman–Crippen LogP) is 1.58. The molecule has 1 N–H and O–H groups in total. The summed E-state index contributed by atoms with van der Waals surface area (Å²) in [5.74, 6) is 5.17. The highest BCUT2D eigenvalue weighted by Gasteiger charge is 1.94. The molecule has 2 nitrogen and oxygen atoms in total. The third-order valence-corrected chi connectivity index (χ3v) is 1.46. The third kappa shape index (κ3) is 1.78. The van der Waals surface area contributed by atoms with Crippen molar-refractivity contribution in [1.82, 2.24) is 0 Å². The van der Waals surface area contributed by atoms with E-state index in [2.05, 4.69) is 11.8 Å². The summed E-state index contributed by atoms with van der Waals surface area (Å²) >= 11 is 0. The van der Waals surface area contributed by atoms with E-state index in [1.54, 1.807) is 31.2 Å². The monoisotopic (exact) mass is 157 g/mol. The molecule has 0 aliphatic heterocycles. The quantitative estimate of drug-likeness (QED) is 0.581. The number of phenolic OH excluding ortho intramolecular Hbond substituents is 1. The van der Waals surface area contributed by atoms with Crippen LogP contribution < -0.4 is 0 Å². The Hall–Kier alpha value is -1.93. The van der Waals surface area contributed by atoms with Gasteiger partial charge in [0.15, 0.2) is 6.07 Å². The first kappa shape index (κ1) is 8.17. The summed E-state index contributed by atoms with van der Waals surface area (Å²) in [7, 11) is 0. The summed E-state index contributed by atoms with van der Waals surface area (Å²) in [6, 6.07) is 6.70. The molecule has 0 aliphatic rings. The van der Waals surface area contributed by atoms with E-state index in [0.717, 1.165) is 11.1 Å². The zero-order chi connectivity index (χ0) is 8.97. The highest BCUT2D eigenvalue weighted by atomic mass is 16.3. The summed E-state index contributed by atoms with van der Waals surface area (Å²) in [5, 5.41) is 17.3. The molecule has 0 aliphatic carbocycles. The molecular formula is C10H7NO. The van der Waals surface area contributed by atoms with Gasteiger partial charge >= 0.3 is 0 Å². The van der Waals surface area contributed by atoms with Gasteiger partial charge in [-0.15, -0.1) is 0 Å². The highest BCUT2D eigenvalue weighted by Crippen LogP contribution is 2.15. The van der Waals surface area contributed by atoms with Crippen LogP contribution in [-0.2, 0) is 0 Å². The average Bonchev–Trinajstić information content (AvgIpc) is 2.07. The molecule has 0 spiro atoms. The Labute approximate surface area is 71.1 Å². The van der Waals surface area contributed by atoms with Crippen molar-refractivity contribution in [3.8, 4) is 23.7 Å². The van der Waals surface area contributed by atoms with Crippen LogP contribution in [0, 0.1) is 30.1 Å². The molecule has 0 radical (unpaired) electrons. The van der Waals surface area contributed by atoms with Gasteiger partial charge < -0.3 is 5.11 Å². The summed E-state index contributed by atoms with van der Waals surface area (Å²) < 4.78 is 0. The first-order chi connectivity index (χ1) is 5.74. The molecule has 12 heavy (non-hydrogen) atoms. The van der Waals surface area contributed by atoms with Gasteiger partial charge in [0, 0.05) is 11.5 Å². The third-order valence-electron chi connectivity index (χ3n) is 1.46. The lowest BCUT2D eigenvalue weighted by Gasteiger charge is -1.96. The van der Waals surface area contributed by atoms with Crippen LogP contribution in [0.4, 0.5) is 0 Å². The van der Waals surface area contributed by atoms with Crippen molar-refractivity contribution in [2.75, 3.05) is 0 Å². The Morgan fingerprint density at radius 2 is 2.17 bits per heavy atom. The molecule has 0 heterocycles. The SMILES string of the molecule is Cc1cc(C#CC#N)ccc1O. The van der Waals surface area contributed by atoms with E-state index < -0.39 is 0 Å². The predicted molar refractivity (Wildman–Crippen MR) is 45.3 cm³/mol. The van der Waals surface area contributed by atoms with Gasteiger partial charge in [0.2, 0.25) is 0 Å². The lowest BCUT2D eigenvalue weighted by molar-refractivity contribution is 0.471. The van der Waals surface area contributed by atoms with Gasteiger partial charge in [-0.1, -0.05) is 5.92 Å². The van der Waals surface area contributed by atoms with Crippen molar-refractivity contribution < 1.29 is 5.11 Å². The van der Waals surface area contributed by atoms with E-state index in [0.29, 0.717) is 0 Å². The van der Waals surface area contributed by atoms with Crippen LogP contribution >= 0.6 is 0 Å². The van der Waals surface area contributed by atoms with Crippen molar-refractivity contribution in [3.05, 3.63) is 29.3 Å². The molecule has 1 aromatic rings. The van der Waals surface area contributed by atoms with Gasteiger partial charge in [-0.3, -0.25) is 0 Å². The van der Waals surface area contributed by atoms with Crippen LogP contribution in [0.15, 0.2) is 18.2 Å². The van der Waals surface area contributed by atoms with Crippen molar-refractivity contribution in [2.45, 2.75) is 6.92 Å². The van der Waals surface area contributed by atoms with E-state index in [1.165, 1.54) is 0 Å². The van der Waals surface area contributed by atoms with Gasteiger partial charge in [-0.2, -0.15) is 5.26 Å². The molecule has 1 aromatic carbocycles. The second kappa shape index (κ2) is 3.46. The van der Waals surface area contributed by atoms with Gasteiger partial charge in [0.05, 0.1) is 0 Å². The normalized spacial score (nSPS) is 8.00. The smallest absolute Gasteiger partial charge is 0.152 e. The summed E-state index contributed by atoms with van der Waals surface area (Å²) in [6.45, 7) is 1.78. The minimum Gasteiger partial charge on any atom is -0.508 e. The van der Waals surface area contributed by atoms with Crippen LogP contribution in [0.3, 0.4) is 0 Å². The van der Waals surface area contributed by atoms with E-state index in [-0.39, 0.29) is 5.75 Å². The van der Waals surface area contributed by atoms with Gasteiger partial charge in [-0.25, -0.2) is 0 Å². The molecule has 58 valence electrons. The maximum atomic E-state index is 9.16. The van der Waals surface area contributed by atoms with Gasteiger partial charge in [0.25, 0.3) is 0 Å². The van der Waals surface area contributed by atoms with Crippen LogP contribution in [0.25, 0.3) is 0 Å². The molecule has 0 saturated carbocycles. The number of aryl methyl sites for hydroxylation is 1. The molecule has 0 aromatic heterocycles. The average molecular weight is 157 g/mol. The summed E-state index contributed by atoms with van der Waals surface area (Å²) in [5.41, 5.74) is 1.51. The molecule has 0 bridgehead atoms. The van der Waals surface area contributed by atoms with Crippen molar-refractivity contribution in [2.24, 2.45) is 0 Å². The largest absolute Gasteiger partial charge is 0.508 e. The van der Waals surface area contributed by atoms with E-state index >= 15 is 0 Å². The second-order valence-corrected chi connectivity index (χ2v) is 2.36. The first-order valence-corrected chi connectivity index (χ1v) is 3.44. The molecule has 1 rings (SSSR count). The number of hydrogen-bond donors (Lipinski definition) is 1. The Morgan fingerprint density at radius 3 is 2.75 bits per heavy atom. The minimum atomic E-state index is 0.248.